The number of halogens is 5. The van der Waals surface area contributed by atoms with Crippen LogP contribution in [0.1, 0.15) is 0 Å². The van der Waals surface area contributed by atoms with E-state index in [4.69, 9.17) is 5.14 Å². The van der Waals surface area contributed by atoms with E-state index in [2.05, 4.69) is 17.4 Å². The molecule has 0 bridgehead atoms. The lowest BCUT2D eigenvalue weighted by Gasteiger charge is -2.12. The van der Waals surface area contributed by atoms with E-state index < -0.39 is 38.7 Å². The van der Waals surface area contributed by atoms with Gasteiger partial charge >= 0.3 is 6.36 Å². The number of thiol groups is 1. The highest BCUT2D eigenvalue weighted by molar-refractivity contribution is 7.89. The van der Waals surface area contributed by atoms with Gasteiger partial charge in [-0.1, -0.05) is 24.3 Å². The van der Waals surface area contributed by atoms with Crippen LogP contribution < -0.4 is 9.88 Å². The van der Waals surface area contributed by atoms with Crippen molar-refractivity contribution in [3.8, 4) is 28.0 Å². The highest BCUT2D eigenvalue weighted by Crippen LogP contribution is 2.35. The number of benzene rings is 3. The van der Waals surface area contributed by atoms with Gasteiger partial charge < -0.3 is 4.74 Å². The van der Waals surface area contributed by atoms with Crippen molar-refractivity contribution in [1.82, 2.24) is 0 Å². The van der Waals surface area contributed by atoms with Gasteiger partial charge in [-0.2, -0.15) is 0 Å². The van der Waals surface area contributed by atoms with Crippen LogP contribution >= 0.6 is 12.6 Å². The quantitative estimate of drug-likeness (QED) is 0.418. The summed E-state index contributed by atoms with van der Waals surface area (Å²) in [5.74, 6) is -3.12. The summed E-state index contributed by atoms with van der Waals surface area (Å²) in [4.78, 5) is -0.941. The summed E-state index contributed by atoms with van der Waals surface area (Å²) in [6.45, 7) is 0. The molecular formula is C19H12F5NO3S2. The Bertz CT molecular complexity index is 1200. The van der Waals surface area contributed by atoms with Gasteiger partial charge in [0.05, 0.1) is 0 Å². The second kappa shape index (κ2) is 7.89. The van der Waals surface area contributed by atoms with Crippen LogP contribution in [-0.2, 0) is 10.0 Å². The zero-order chi connectivity index (χ0) is 22.3. The van der Waals surface area contributed by atoms with E-state index in [-0.39, 0.29) is 5.56 Å². The van der Waals surface area contributed by atoms with Crippen molar-refractivity contribution in [1.29, 1.82) is 0 Å². The van der Waals surface area contributed by atoms with Gasteiger partial charge in [-0.25, -0.2) is 22.3 Å². The molecule has 0 aromatic heterocycles. The molecule has 158 valence electrons. The molecule has 3 aromatic rings. The second-order valence-electron chi connectivity index (χ2n) is 6.12. The smallest absolute Gasteiger partial charge is 0.406 e. The SMILES string of the molecule is NS(=O)(=O)c1c(F)cc(-c2ccc(-c3cccc(OC(F)(F)F)c3)c(S)c2)cc1F. The van der Waals surface area contributed by atoms with Gasteiger partial charge in [-0.3, -0.25) is 0 Å². The molecule has 0 aliphatic carbocycles. The third kappa shape index (κ3) is 4.91. The predicted octanol–water partition coefficient (Wildman–Crippen LogP) is 5.13. The van der Waals surface area contributed by atoms with Gasteiger partial charge in [-0.15, -0.1) is 25.8 Å². The van der Waals surface area contributed by atoms with Gasteiger partial charge in [0.2, 0.25) is 10.0 Å². The highest BCUT2D eigenvalue weighted by atomic mass is 32.2. The molecule has 2 N–H and O–H groups in total. The fourth-order valence-corrected chi connectivity index (χ4v) is 3.82. The maximum absolute atomic E-state index is 14.1. The minimum atomic E-state index is -4.84. The maximum atomic E-state index is 14.1. The van der Waals surface area contributed by atoms with E-state index in [0.29, 0.717) is 21.6 Å². The van der Waals surface area contributed by atoms with Gasteiger partial charge in [0.15, 0.2) is 4.90 Å². The number of hydrogen-bond donors (Lipinski definition) is 2. The van der Waals surface area contributed by atoms with Crippen LogP contribution in [0.5, 0.6) is 5.75 Å². The summed E-state index contributed by atoms with van der Waals surface area (Å²) in [5, 5.41) is 4.81. The number of sulfonamides is 1. The topological polar surface area (TPSA) is 69.4 Å². The summed E-state index contributed by atoms with van der Waals surface area (Å²) < 4.78 is 91.9. The number of hydrogen-bond acceptors (Lipinski definition) is 4. The Hall–Kier alpha value is -2.63. The Balaban J connectivity index is 2.00. The summed E-state index contributed by atoms with van der Waals surface area (Å²) in [6, 6.07) is 11.2. The first-order valence-electron chi connectivity index (χ1n) is 8.06. The van der Waals surface area contributed by atoms with E-state index in [1.54, 1.807) is 0 Å². The van der Waals surface area contributed by atoms with Crippen molar-refractivity contribution in [3.63, 3.8) is 0 Å². The maximum Gasteiger partial charge on any atom is 0.573 e. The van der Waals surface area contributed by atoms with Crippen LogP contribution in [0.25, 0.3) is 22.3 Å². The molecule has 3 rings (SSSR count). The summed E-state index contributed by atoms with van der Waals surface area (Å²) in [5.41, 5.74) is 1.13. The fraction of sp³-hybridized carbons (Fsp3) is 0.0526. The zero-order valence-corrected chi connectivity index (χ0v) is 16.5. The number of rotatable bonds is 4. The van der Waals surface area contributed by atoms with Crippen LogP contribution in [0.2, 0.25) is 0 Å². The van der Waals surface area contributed by atoms with Crippen LogP contribution in [0.4, 0.5) is 22.0 Å². The molecule has 0 heterocycles. The monoisotopic (exact) mass is 461 g/mol. The molecule has 4 nitrogen and oxygen atoms in total. The van der Waals surface area contributed by atoms with Crippen molar-refractivity contribution in [3.05, 3.63) is 66.2 Å². The summed E-state index contributed by atoms with van der Waals surface area (Å²) in [6.07, 6.45) is -4.84. The van der Waals surface area contributed by atoms with Crippen LogP contribution in [0.3, 0.4) is 0 Å². The molecule has 0 amide bonds. The Kier molecular flexibility index (Phi) is 5.81. The lowest BCUT2D eigenvalue weighted by Crippen LogP contribution is -2.17. The fourth-order valence-electron chi connectivity index (χ4n) is 2.81. The van der Waals surface area contributed by atoms with Crippen molar-refractivity contribution in [2.24, 2.45) is 5.14 Å². The second-order valence-corrected chi connectivity index (χ2v) is 8.10. The Morgan fingerprint density at radius 1 is 0.867 bits per heavy atom. The molecule has 30 heavy (non-hydrogen) atoms. The minimum Gasteiger partial charge on any atom is -0.406 e. The molecule has 0 aliphatic rings. The Morgan fingerprint density at radius 2 is 1.50 bits per heavy atom. The van der Waals surface area contributed by atoms with Gasteiger partial charge in [-0.05, 0) is 52.6 Å². The van der Waals surface area contributed by atoms with Gasteiger partial charge in [0.25, 0.3) is 0 Å². The molecule has 0 atom stereocenters. The molecule has 0 unspecified atom stereocenters. The van der Waals surface area contributed by atoms with Crippen LogP contribution in [0.15, 0.2) is 64.4 Å². The molecular weight excluding hydrogens is 449 g/mol. The summed E-state index contributed by atoms with van der Waals surface area (Å²) in [7, 11) is -4.59. The minimum absolute atomic E-state index is 0.0217. The molecule has 0 aliphatic heterocycles. The van der Waals surface area contributed by atoms with E-state index in [9.17, 15) is 30.4 Å². The third-order valence-electron chi connectivity index (χ3n) is 3.99. The Labute approximate surface area is 173 Å². The highest BCUT2D eigenvalue weighted by Gasteiger charge is 2.31. The first kappa shape index (κ1) is 22.1. The van der Waals surface area contributed by atoms with Crippen molar-refractivity contribution < 1.29 is 35.1 Å². The first-order chi connectivity index (χ1) is 13.8. The van der Waals surface area contributed by atoms with E-state index in [1.807, 2.05) is 0 Å². The average Bonchev–Trinajstić information content (AvgIpc) is 2.58. The van der Waals surface area contributed by atoms with E-state index in [1.165, 1.54) is 36.4 Å². The molecule has 0 saturated heterocycles. The predicted molar refractivity (Wildman–Crippen MR) is 103 cm³/mol. The molecule has 0 spiro atoms. The van der Waals surface area contributed by atoms with Crippen LogP contribution in [-0.4, -0.2) is 14.8 Å². The van der Waals surface area contributed by atoms with Gasteiger partial charge in [0, 0.05) is 4.90 Å². The molecule has 0 radical (unpaired) electrons. The van der Waals surface area contributed by atoms with Crippen molar-refractivity contribution >= 4 is 22.7 Å². The summed E-state index contributed by atoms with van der Waals surface area (Å²) >= 11 is 4.30. The van der Waals surface area contributed by atoms with Gasteiger partial charge in [0.1, 0.15) is 17.4 Å². The largest absolute Gasteiger partial charge is 0.573 e. The third-order valence-corrected chi connectivity index (χ3v) is 5.32. The molecule has 3 aromatic carbocycles. The standard InChI is InChI=1S/C19H12F5NO3S2/c20-15-7-12(8-16(21)18(15)30(25,26)27)10-4-5-14(17(29)9-10)11-2-1-3-13(6-11)28-19(22,23)24/h1-9,29H,(H2,25,26,27). The van der Waals surface area contributed by atoms with E-state index in [0.717, 1.165) is 18.2 Å². The number of nitrogens with two attached hydrogens (primary N) is 1. The van der Waals surface area contributed by atoms with Crippen molar-refractivity contribution in [2.45, 2.75) is 16.2 Å². The molecule has 11 heteroatoms. The van der Waals surface area contributed by atoms with Crippen molar-refractivity contribution in [2.75, 3.05) is 0 Å². The van der Waals surface area contributed by atoms with E-state index >= 15 is 0 Å². The average molecular weight is 461 g/mol. The van der Waals surface area contributed by atoms with Crippen LogP contribution in [0, 0.1) is 11.6 Å². The normalized spacial score (nSPS) is 12.1. The number of primary sulfonamides is 1. The number of alkyl halides is 3. The first-order valence-corrected chi connectivity index (χ1v) is 10.1. The number of ether oxygens (including phenoxy) is 1. The lowest BCUT2D eigenvalue weighted by molar-refractivity contribution is -0.274. The lowest BCUT2D eigenvalue weighted by atomic mass is 10.00. The Morgan fingerprint density at radius 3 is 2.03 bits per heavy atom. The zero-order valence-electron chi connectivity index (χ0n) is 14.7. The molecule has 0 saturated carbocycles. The molecule has 0 fully saturated rings.